The number of hydroxylamine groups is 2. The van der Waals surface area contributed by atoms with E-state index in [0.717, 1.165) is 34.8 Å². The molecule has 1 unspecified atom stereocenters. The molecule has 2 aromatic heterocycles. The number of carbonyl (C=O) groups excluding carboxylic acids is 2. The number of imide groups is 1. The van der Waals surface area contributed by atoms with Gasteiger partial charge < -0.3 is 9.80 Å². The number of fused-ring (bicyclic) bond motifs is 3. The molecule has 2 amide bonds. The van der Waals surface area contributed by atoms with E-state index in [1.54, 1.807) is 28.8 Å². The minimum atomic E-state index is -3.24. The summed E-state index contributed by atoms with van der Waals surface area (Å²) in [5.74, 6) is -1.000. The number of aromatic nitrogens is 4. The van der Waals surface area contributed by atoms with Gasteiger partial charge in [0.1, 0.15) is 12.9 Å². The number of unbranched alkanes of at least 4 members (excludes halogenated alkanes) is 1. The molecule has 36 heavy (non-hydrogen) atoms. The first kappa shape index (κ1) is 24.1. The molecule has 0 fully saturated rings. The standard InChI is InChI=1S/C22H26N8O5S/c1-14-20-17(12-18-24-25-26-29(14)18)28(19(27(20)2)10-6-7-11-23-36(3,33)34)13-35-30-21(31)15-8-4-5-9-16(15)22(30)32/h4-5,8-9,12,19,23H,6-7,10-11,13H2,1-3H3. The van der Waals surface area contributed by atoms with Gasteiger partial charge in [0.2, 0.25) is 10.0 Å². The Morgan fingerprint density at radius 1 is 1.11 bits per heavy atom. The van der Waals surface area contributed by atoms with Gasteiger partial charge in [0.15, 0.2) is 5.65 Å². The first-order chi connectivity index (χ1) is 17.2. The van der Waals surface area contributed by atoms with Crippen molar-refractivity contribution in [2.75, 3.05) is 36.4 Å². The van der Waals surface area contributed by atoms with E-state index in [-0.39, 0.29) is 12.9 Å². The highest BCUT2D eigenvalue weighted by molar-refractivity contribution is 7.88. The fourth-order valence-corrected chi connectivity index (χ4v) is 5.31. The van der Waals surface area contributed by atoms with Gasteiger partial charge >= 0.3 is 0 Å². The van der Waals surface area contributed by atoms with Crippen LogP contribution in [0.1, 0.15) is 45.7 Å². The number of rotatable bonds is 9. The highest BCUT2D eigenvalue weighted by Gasteiger charge is 2.40. The average molecular weight is 515 g/mol. The zero-order valence-corrected chi connectivity index (χ0v) is 20.9. The fourth-order valence-electron chi connectivity index (χ4n) is 4.79. The normalized spacial score (nSPS) is 17.4. The molecule has 5 rings (SSSR count). The number of pyridine rings is 1. The number of nitrogens with zero attached hydrogens (tertiary/aromatic N) is 7. The maximum atomic E-state index is 12.8. The van der Waals surface area contributed by atoms with E-state index in [1.165, 1.54) is 0 Å². The highest BCUT2D eigenvalue weighted by atomic mass is 32.2. The molecule has 1 aromatic carbocycles. The molecule has 0 saturated carbocycles. The molecule has 1 N–H and O–H groups in total. The van der Waals surface area contributed by atoms with Crippen molar-refractivity contribution in [1.29, 1.82) is 0 Å². The van der Waals surface area contributed by atoms with E-state index in [0.29, 0.717) is 36.2 Å². The lowest BCUT2D eigenvalue weighted by molar-refractivity contribution is -0.0918. The molecular weight excluding hydrogens is 488 g/mol. The summed E-state index contributed by atoms with van der Waals surface area (Å²) < 4.78 is 26.9. The van der Waals surface area contributed by atoms with Crippen molar-refractivity contribution in [2.24, 2.45) is 0 Å². The van der Waals surface area contributed by atoms with Crippen molar-refractivity contribution >= 4 is 38.9 Å². The molecule has 14 heteroatoms. The molecule has 4 heterocycles. The summed E-state index contributed by atoms with van der Waals surface area (Å²) in [6.07, 6.45) is 3.01. The molecule has 2 aliphatic heterocycles. The van der Waals surface area contributed by atoms with Crippen LogP contribution in [0.4, 0.5) is 11.4 Å². The molecule has 2 aliphatic rings. The maximum Gasteiger partial charge on any atom is 0.285 e. The lowest BCUT2D eigenvalue weighted by Gasteiger charge is -2.31. The van der Waals surface area contributed by atoms with Crippen molar-refractivity contribution in [1.82, 2.24) is 29.8 Å². The van der Waals surface area contributed by atoms with Crippen LogP contribution in [0.2, 0.25) is 0 Å². The van der Waals surface area contributed by atoms with Crippen molar-refractivity contribution in [3.63, 3.8) is 0 Å². The molecule has 0 saturated heterocycles. The van der Waals surface area contributed by atoms with Crippen molar-refractivity contribution in [2.45, 2.75) is 32.4 Å². The third-order valence-corrected chi connectivity index (χ3v) is 7.20. The Bertz CT molecular complexity index is 1420. The second-order valence-corrected chi connectivity index (χ2v) is 10.7. The summed E-state index contributed by atoms with van der Waals surface area (Å²) >= 11 is 0. The Hall–Kier alpha value is -3.62. The number of carbonyl (C=O) groups is 2. The van der Waals surface area contributed by atoms with Gasteiger partial charge in [0, 0.05) is 19.7 Å². The predicted octanol–water partition coefficient (Wildman–Crippen LogP) is 0.920. The van der Waals surface area contributed by atoms with Crippen LogP contribution in [0.3, 0.4) is 0 Å². The van der Waals surface area contributed by atoms with E-state index in [4.69, 9.17) is 4.84 Å². The first-order valence-electron chi connectivity index (χ1n) is 11.4. The Morgan fingerprint density at radius 3 is 2.47 bits per heavy atom. The van der Waals surface area contributed by atoms with Gasteiger partial charge in [-0.1, -0.05) is 12.1 Å². The third-order valence-electron chi connectivity index (χ3n) is 6.47. The number of sulfonamides is 1. The topological polar surface area (TPSA) is 142 Å². The summed E-state index contributed by atoms with van der Waals surface area (Å²) in [7, 11) is -1.30. The molecular formula is C22H26N8O5S. The number of nitrogens with one attached hydrogen (secondary N) is 1. The zero-order chi connectivity index (χ0) is 25.6. The Balaban J connectivity index is 1.38. The molecule has 13 nitrogen and oxygen atoms in total. The molecule has 3 aromatic rings. The molecule has 0 bridgehead atoms. The summed E-state index contributed by atoms with van der Waals surface area (Å²) in [6.45, 7) is 2.20. The summed E-state index contributed by atoms with van der Waals surface area (Å²) in [5.41, 5.74) is 3.73. The fraction of sp³-hybridized carbons (Fsp3) is 0.409. The second kappa shape index (κ2) is 9.11. The zero-order valence-electron chi connectivity index (χ0n) is 20.1. The minimum absolute atomic E-state index is 0.0633. The van der Waals surface area contributed by atoms with Crippen molar-refractivity contribution < 1.29 is 22.8 Å². The van der Waals surface area contributed by atoms with Gasteiger partial charge in [-0.05, 0) is 48.7 Å². The third kappa shape index (κ3) is 4.16. The van der Waals surface area contributed by atoms with Crippen LogP contribution in [0.5, 0.6) is 0 Å². The maximum absolute atomic E-state index is 12.8. The lowest BCUT2D eigenvalue weighted by Crippen LogP contribution is -2.45. The number of tetrazole rings is 1. The molecule has 1 atom stereocenters. The van der Waals surface area contributed by atoms with E-state index in [2.05, 4.69) is 25.1 Å². The van der Waals surface area contributed by atoms with Crippen LogP contribution in [-0.4, -0.2) is 78.1 Å². The molecule has 190 valence electrons. The Kier molecular flexibility index (Phi) is 6.10. The van der Waals surface area contributed by atoms with Crippen LogP contribution >= 0.6 is 0 Å². The number of hydrogen-bond donors (Lipinski definition) is 1. The SMILES string of the molecule is Cc1c2c(cc3nnnn13)N(CON1C(=O)c3ccccc3C1=O)C(CCCCNS(C)(=O)=O)N2C. The summed E-state index contributed by atoms with van der Waals surface area (Å²) in [5, 5.41) is 12.7. The largest absolute Gasteiger partial charge is 0.351 e. The van der Waals surface area contributed by atoms with E-state index < -0.39 is 21.8 Å². The van der Waals surface area contributed by atoms with E-state index >= 15 is 0 Å². The van der Waals surface area contributed by atoms with Crippen LogP contribution in [0.25, 0.3) is 5.65 Å². The van der Waals surface area contributed by atoms with Gasteiger partial charge in [-0.25, -0.2) is 18.0 Å². The molecule has 0 aliphatic carbocycles. The predicted molar refractivity (Wildman–Crippen MR) is 130 cm³/mol. The Labute approximate surface area is 207 Å². The van der Waals surface area contributed by atoms with E-state index in [1.807, 2.05) is 24.9 Å². The van der Waals surface area contributed by atoms with Crippen LogP contribution in [0.15, 0.2) is 30.3 Å². The van der Waals surface area contributed by atoms with Gasteiger partial charge in [0.05, 0.1) is 34.5 Å². The molecule has 0 radical (unpaired) electrons. The van der Waals surface area contributed by atoms with Crippen molar-refractivity contribution in [3.05, 3.63) is 47.2 Å². The smallest absolute Gasteiger partial charge is 0.285 e. The van der Waals surface area contributed by atoms with Crippen LogP contribution in [0, 0.1) is 6.92 Å². The summed E-state index contributed by atoms with van der Waals surface area (Å²) in [4.78, 5) is 35.4. The number of anilines is 2. The minimum Gasteiger partial charge on any atom is -0.351 e. The van der Waals surface area contributed by atoms with Crippen LogP contribution in [-0.2, 0) is 14.9 Å². The Morgan fingerprint density at radius 2 is 1.81 bits per heavy atom. The van der Waals surface area contributed by atoms with Crippen molar-refractivity contribution in [3.8, 4) is 0 Å². The monoisotopic (exact) mass is 514 g/mol. The number of hydrogen-bond acceptors (Lipinski definition) is 10. The highest BCUT2D eigenvalue weighted by Crippen LogP contribution is 2.43. The second-order valence-electron chi connectivity index (χ2n) is 8.84. The van der Waals surface area contributed by atoms with Gasteiger partial charge in [-0.15, -0.1) is 10.2 Å². The van der Waals surface area contributed by atoms with Crippen LogP contribution < -0.4 is 14.5 Å². The number of aryl methyl sites for hydroxylation is 1. The van der Waals surface area contributed by atoms with Gasteiger partial charge in [0.25, 0.3) is 11.8 Å². The molecule has 0 spiro atoms. The number of amides is 2. The number of benzene rings is 1. The van der Waals surface area contributed by atoms with Gasteiger partial charge in [-0.3, -0.25) is 9.59 Å². The quantitative estimate of drug-likeness (QED) is 0.323. The van der Waals surface area contributed by atoms with Gasteiger partial charge in [-0.2, -0.15) is 4.52 Å². The average Bonchev–Trinajstić information content (AvgIpc) is 3.48. The van der Waals surface area contributed by atoms with E-state index in [9.17, 15) is 18.0 Å². The first-order valence-corrected chi connectivity index (χ1v) is 13.3. The lowest BCUT2D eigenvalue weighted by atomic mass is 10.1. The summed E-state index contributed by atoms with van der Waals surface area (Å²) in [6, 6.07) is 8.45.